The average molecular weight is 352 g/mol. The van der Waals surface area contributed by atoms with Crippen molar-refractivity contribution in [3.63, 3.8) is 0 Å². The molecule has 0 bridgehead atoms. The summed E-state index contributed by atoms with van der Waals surface area (Å²) in [5.41, 5.74) is 4.29. The first-order valence-corrected chi connectivity index (χ1v) is 9.17. The highest BCUT2D eigenvalue weighted by Gasteiger charge is 2.16. The predicted octanol–water partition coefficient (Wildman–Crippen LogP) is 4.50. The van der Waals surface area contributed by atoms with Crippen LogP contribution in [0.5, 0.6) is 0 Å². The molecule has 0 aliphatic carbocycles. The number of aromatic nitrogens is 2. The lowest BCUT2D eigenvalue weighted by atomic mass is 10.1. The molecule has 0 spiro atoms. The van der Waals surface area contributed by atoms with Crippen LogP contribution in [0.3, 0.4) is 0 Å². The number of aryl methyl sites for hydroxylation is 1. The van der Waals surface area contributed by atoms with E-state index in [2.05, 4.69) is 40.7 Å². The third-order valence-electron chi connectivity index (χ3n) is 3.78. The first-order valence-electron chi connectivity index (χ1n) is 8.18. The Bertz CT molecular complexity index is 859. The van der Waals surface area contributed by atoms with Crippen LogP contribution in [0.2, 0.25) is 0 Å². The van der Waals surface area contributed by atoms with Gasteiger partial charge in [0.1, 0.15) is 0 Å². The van der Waals surface area contributed by atoms with Crippen LogP contribution >= 0.6 is 11.8 Å². The summed E-state index contributed by atoms with van der Waals surface area (Å²) in [7, 11) is 0. The number of nitrogens with zero attached hydrogens (tertiary/aromatic N) is 2. The van der Waals surface area contributed by atoms with E-state index in [1.807, 2.05) is 43.5 Å². The first kappa shape index (κ1) is 17.3. The maximum absolute atomic E-state index is 11.7. The second-order valence-corrected chi connectivity index (χ2v) is 6.45. The molecule has 0 amide bonds. The Morgan fingerprint density at radius 2 is 1.84 bits per heavy atom. The summed E-state index contributed by atoms with van der Waals surface area (Å²) in [6, 6.07) is 18.3. The Hall–Kier alpha value is -2.53. The highest BCUT2D eigenvalue weighted by Crippen LogP contribution is 2.31. The van der Waals surface area contributed by atoms with Gasteiger partial charge in [0, 0.05) is 5.56 Å². The number of thioether (sulfide) groups is 1. The van der Waals surface area contributed by atoms with Gasteiger partial charge in [-0.3, -0.25) is 9.36 Å². The average Bonchev–Trinajstić information content (AvgIpc) is 3.05. The summed E-state index contributed by atoms with van der Waals surface area (Å²) in [5.74, 6) is 0.0124. The SMILES string of the molecule is CCOC(=O)CSc1ncc(-c2ccccc2)n1-c1ccccc1C. The van der Waals surface area contributed by atoms with Gasteiger partial charge in [-0.2, -0.15) is 0 Å². The Morgan fingerprint density at radius 3 is 2.56 bits per heavy atom. The first-order chi connectivity index (χ1) is 12.2. The molecule has 2 aromatic carbocycles. The van der Waals surface area contributed by atoms with Crippen molar-refractivity contribution < 1.29 is 9.53 Å². The molecule has 0 saturated heterocycles. The van der Waals surface area contributed by atoms with Crippen molar-refractivity contribution in [1.29, 1.82) is 0 Å². The van der Waals surface area contributed by atoms with Gasteiger partial charge in [-0.05, 0) is 25.5 Å². The van der Waals surface area contributed by atoms with Crippen molar-refractivity contribution in [1.82, 2.24) is 9.55 Å². The maximum atomic E-state index is 11.7. The topological polar surface area (TPSA) is 44.1 Å². The van der Waals surface area contributed by atoms with E-state index in [9.17, 15) is 4.79 Å². The molecule has 0 N–H and O–H groups in total. The van der Waals surface area contributed by atoms with Gasteiger partial charge in [0.05, 0.1) is 29.9 Å². The minimum Gasteiger partial charge on any atom is -0.465 e. The fourth-order valence-electron chi connectivity index (χ4n) is 2.62. The van der Waals surface area contributed by atoms with E-state index < -0.39 is 0 Å². The molecule has 0 atom stereocenters. The molecule has 3 aromatic rings. The van der Waals surface area contributed by atoms with E-state index in [1.165, 1.54) is 11.8 Å². The molecular formula is C20H20N2O2S. The summed E-state index contributed by atoms with van der Waals surface area (Å²) >= 11 is 1.39. The molecule has 1 heterocycles. The van der Waals surface area contributed by atoms with E-state index in [0.29, 0.717) is 6.61 Å². The van der Waals surface area contributed by atoms with Crippen LogP contribution < -0.4 is 0 Å². The molecule has 0 fully saturated rings. The largest absolute Gasteiger partial charge is 0.465 e. The van der Waals surface area contributed by atoms with Crippen LogP contribution in [0.1, 0.15) is 12.5 Å². The third kappa shape index (κ3) is 3.94. The number of carbonyl (C=O) groups excluding carboxylic acids is 1. The second-order valence-electron chi connectivity index (χ2n) is 5.51. The number of esters is 1. The molecule has 0 aliphatic rings. The molecule has 1 aromatic heterocycles. The summed E-state index contributed by atoms with van der Waals surface area (Å²) in [6.45, 7) is 4.27. The van der Waals surface area contributed by atoms with Crippen LogP contribution in [0.25, 0.3) is 16.9 Å². The molecule has 0 aliphatic heterocycles. The summed E-state index contributed by atoms with van der Waals surface area (Å²) in [5, 5.41) is 0.779. The summed E-state index contributed by atoms with van der Waals surface area (Å²) < 4.78 is 7.13. The zero-order valence-electron chi connectivity index (χ0n) is 14.3. The molecular weight excluding hydrogens is 332 g/mol. The van der Waals surface area contributed by atoms with E-state index in [4.69, 9.17) is 4.74 Å². The molecule has 3 rings (SSSR count). The van der Waals surface area contributed by atoms with Gasteiger partial charge in [0.25, 0.3) is 0 Å². The molecule has 4 nitrogen and oxygen atoms in total. The fourth-order valence-corrected chi connectivity index (χ4v) is 3.41. The predicted molar refractivity (Wildman–Crippen MR) is 101 cm³/mol. The summed E-state index contributed by atoms with van der Waals surface area (Å²) in [6.07, 6.45) is 1.86. The molecule has 0 saturated carbocycles. The van der Waals surface area contributed by atoms with Crippen molar-refractivity contribution in [2.24, 2.45) is 0 Å². The second kappa shape index (κ2) is 8.03. The summed E-state index contributed by atoms with van der Waals surface area (Å²) in [4.78, 5) is 16.3. The lowest BCUT2D eigenvalue weighted by Gasteiger charge is -2.14. The van der Waals surface area contributed by atoms with Crippen molar-refractivity contribution >= 4 is 17.7 Å². The number of hydrogen-bond donors (Lipinski definition) is 0. The molecule has 0 radical (unpaired) electrons. The van der Waals surface area contributed by atoms with Crippen LogP contribution in [0.4, 0.5) is 0 Å². The molecule has 128 valence electrons. The molecule has 5 heteroatoms. The molecule has 25 heavy (non-hydrogen) atoms. The van der Waals surface area contributed by atoms with Gasteiger partial charge in [-0.1, -0.05) is 60.3 Å². The normalized spacial score (nSPS) is 10.6. The monoisotopic (exact) mass is 352 g/mol. The van der Waals surface area contributed by atoms with Gasteiger partial charge in [-0.15, -0.1) is 0 Å². The van der Waals surface area contributed by atoms with Crippen LogP contribution in [0.15, 0.2) is 66.0 Å². The smallest absolute Gasteiger partial charge is 0.316 e. The van der Waals surface area contributed by atoms with Gasteiger partial charge >= 0.3 is 5.97 Å². The number of rotatable bonds is 6. The minimum atomic E-state index is -0.229. The lowest BCUT2D eigenvalue weighted by Crippen LogP contribution is -2.08. The highest BCUT2D eigenvalue weighted by atomic mass is 32.2. The highest BCUT2D eigenvalue weighted by molar-refractivity contribution is 7.99. The fraction of sp³-hybridized carbons (Fsp3) is 0.200. The zero-order chi connectivity index (χ0) is 17.6. The Kier molecular flexibility index (Phi) is 5.56. The number of imidazole rings is 1. The number of ether oxygens (including phenoxy) is 1. The zero-order valence-corrected chi connectivity index (χ0v) is 15.1. The quantitative estimate of drug-likeness (QED) is 0.484. The van der Waals surface area contributed by atoms with Gasteiger partial charge in [0.2, 0.25) is 0 Å². The van der Waals surface area contributed by atoms with Gasteiger partial charge < -0.3 is 4.74 Å². The Balaban J connectivity index is 2.03. The Morgan fingerprint density at radius 1 is 1.12 bits per heavy atom. The van der Waals surface area contributed by atoms with E-state index in [-0.39, 0.29) is 11.7 Å². The van der Waals surface area contributed by atoms with Crippen LogP contribution in [0, 0.1) is 6.92 Å². The minimum absolute atomic E-state index is 0.229. The van der Waals surface area contributed by atoms with Crippen molar-refractivity contribution in [2.45, 2.75) is 19.0 Å². The number of para-hydroxylation sites is 1. The van der Waals surface area contributed by atoms with Crippen molar-refractivity contribution in [3.8, 4) is 16.9 Å². The number of benzene rings is 2. The lowest BCUT2D eigenvalue weighted by molar-refractivity contribution is -0.139. The number of hydrogen-bond acceptors (Lipinski definition) is 4. The van der Waals surface area contributed by atoms with E-state index >= 15 is 0 Å². The van der Waals surface area contributed by atoms with Crippen LogP contribution in [-0.2, 0) is 9.53 Å². The van der Waals surface area contributed by atoms with E-state index in [1.54, 1.807) is 0 Å². The van der Waals surface area contributed by atoms with Gasteiger partial charge in [0.15, 0.2) is 5.16 Å². The molecule has 0 unspecified atom stereocenters. The van der Waals surface area contributed by atoms with Crippen LogP contribution in [-0.4, -0.2) is 27.9 Å². The third-order valence-corrected chi connectivity index (χ3v) is 4.71. The van der Waals surface area contributed by atoms with E-state index in [0.717, 1.165) is 27.7 Å². The van der Waals surface area contributed by atoms with Crippen molar-refractivity contribution in [2.75, 3.05) is 12.4 Å². The maximum Gasteiger partial charge on any atom is 0.316 e. The number of carbonyl (C=O) groups is 1. The van der Waals surface area contributed by atoms with Crippen molar-refractivity contribution in [3.05, 3.63) is 66.4 Å². The van der Waals surface area contributed by atoms with Gasteiger partial charge in [-0.25, -0.2) is 4.98 Å². The Labute approximate surface area is 151 Å². The standard InChI is InChI=1S/C20H20N2O2S/c1-3-24-19(23)14-25-20-21-13-18(16-10-5-4-6-11-16)22(20)17-12-8-7-9-15(17)2/h4-13H,3,14H2,1-2H3.